The van der Waals surface area contributed by atoms with E-state index in [0.717, 1.165) is 6.07 Å². The number of benzene rings is 1. The molecule has 0 N–H and O–H groups in total. The summed E-state index contributed by atoms with van der Waals surface area (Å²) < 4.78 is 37.6. The van der Waals surface area contributed by atoms with E-state index < -0.39 is 11.7 Å². The third kappa shape index (κ3) is 3.19. The Morgan fingerprint density at radius 2 is 2.00 bits per heavy atom. The van der Waals surface area contributed by atoms with Crippen LogP contribution in [0.4, 0.5) is 13.2 Å². The largest absolute Gasteiger partial charge is 0.417 e. The molecule has 5 heteroatoms. The van der Waals surface area contributed by atoms with Gasteiger partial charge in [-0.15, -0.1) is 0 Å². The number of aldehydes is 1. The Morgan fingerprint density at radius 3 is 2.53 bits per heavy atom. The van der Waals surface area contributed by atoms with Crippen LogP contribution in [0.1, 0.15) is 17.5 Å². The van der Waals surface area contributed by atoms with E-state index >= 15 is 0 Å². The maximum Gasteiger partial charge on any atom is 0.417 e. The summed E-state index contributed by atoms with van der Waals surface area (Å²) in [6.45, 7) is 0. The van der Waals surface area contributed by atoms with Gasteiger partial charge >= 0.3 is 6.18 Å². The molecule has 0 radical (unpaired) electrons. The van der Waals surface area contributed by atoms with E-state index in [1.807, 2.05) is 0 Å². The molecular weight excluding hydrogens is 320 g/mol. The predicted octanol–water partition coefficient (Wildman–Crippen LogP) is 3.44. The molecule has 1 aromatic carbocycles. The third-order valence-electron chi connectivity index (χ3n) is 1.92. The molecule has 0 heterocycles. The van der Waals surface area contributed by atoms with Crippen LogP contribution in [0.2, 0.25) is 0 Å². The highest BCUT2D eigenvalue weighted by Gasteiger charge is 2.33. The number of alkyl halides is 3. The Balaban J connectivity index is 3.06. The van der Waals surface area contributed by atoms with E-state index in [9.17, 15) is 18.0 Å². The maximum atomic E-state index is 12.5. The van der Waals surface area contributed by atoms with E-state index in [-0.39, 0.29) is 9.99 Å². The van der Waals surface area contributed by atoms with E-state index in [4.69, 9.17) is 0 Å². The Bertz CT molecular complexity index is 360. The molecule has 0 saturated carbocycles. The summed E-state index contributed by atoms with van der Waals surface area (Å²) >= 11 is 1.67. The topological polar surface area (TPSA) is 17.1 Å². The zero-order valence-electron chi connectivity index (χ0n) is 7.64. The van der Waals surface area contributed by atoms with Crippen molar-refractivity contribution in [3.63, 3.8) is 0 Å². The van der Waals surface area contributed by atoms with Gasteiger partial charge in [-0.25, -0.2) is 0 Å². The molecule has 0 bridgehead atoms. The lowest BCUT2D eigenvalue weighted by Crippen LogP contribution is -2.09. The van der Waals surface area contributed by atoms with Crippen molar-refractivity contribution in [3.8, 4) is 0 Å². The van der Waals surface area contributed by atoms with Crippen LogP contribution in [0.3, 0.4) is 0 Å². The van der Waals surface area contributed by atoms with E-state index in [0.29, 0.717) is 18.3 Å². The Morgan fingerprint density at radius 1 is 1.33 bits per heavy atom. The number of carbonyl (C=O) groups excluding carboxylic acids is 1. The summed E-state index contributed by atoms with van der Waals surface area (Å²) in [7, 11) is 0. The first-order valence-corrected chi connectivity index (χ1v) is 5.33. The van der Waals surface area contributed by atoms with Gasteiger partial charge in [0.25, 0.3) is 0 Å². The highest BCUT2D eigenvalue weighted by molar-refractivity contribution is 14.1. The summed E-state index contributed by atoms with van der Waals surface area (Å²) in [5.74, 6) is 0. The van der Waals surface area contributed by atoms with Crippen molar-refractivity contribution in [3.05, 3.63) is 32.9 Å². The van der Waals surface area contributed by atoms with Gasteiger partial charge in [0.05, 0.1) is 5.56 Å². The molecule has 15 heavy (non-hydrogen) atoms. The minimum atomic E-state index is -4.33. The average molecular weight is 328 g/mol. The van der Waals surface area contributed by atoms with Crippen molar-refractivity contribution in [2.45, 2.75) is 19.0 Å². The number of rotatable bonds is 3. The fourth-order valence-corrected chi connectivity index (χ4v) is 2.14. The van der Waals surface area contributed by atoms with Crippen LogP contribution in [0.15, 0.2) is 18.2 Å². The van der Waals surface area contributed by atoms with Crippen molar-refractivity contribution in [1.82, 2.24) is 0 Å². The molecule has 0 amide bonds. The summed E-state index contributed by atoms with van der Waals surface area (Å²) in [5.41, 5.74) is -0.0657. The van der Waals surface area contributed by atoms with Gasteiger partial charge in [0, 0.05) is 9.99 Å². The van der Waals surface area contributed by atoms with Gasteiger partial charge in [0.1, 0.15) is 6.29 Å². The number of aryl methyl sites for hydroxylation is 1. The number of hydrogen-bond donors (Lipinski definition) is 0. The molecule has 0 aliphatic rings. The molecule has 1 rings (SSSR count). The zero-order valence-corrected chi connectivity index (χ0v) is 9.80. The SMILES string of the molecule is O=CCCc1cccc(C(F)(F)F)c1I. The van der Waals surface area contributed by atoms with Gasteiger partial charge in [-0.1, -0.05) is 12.1 Å². The van der Waals surface area contributed by atoms with Gasteiger partial charge in [0.2, 0.25) is 0 Å². The smallest absolute Gasteiger partial charge is 0.303 e. The Labute approximate surface area is 98.8 Å². The predicted molar refractivity (Wildman–Crippen MR) is 58.5 cm³/mol. The highest BCUT2D eigenvalue weighted by Crippen LogP contribution is 2.34. The fraction of sp³-hybridized carbons (Fsp3) is 0.300. The van der Waals surface area contributed by atoms with Crippen LogP contribution in [0.5, 0.6) is 0 Å². The molecule has 0 aliphatic heterocycles. The lowest BCUT2D eigenvalue weighted by molar-refractivity contribution is -0.138. The monoisotopic (exact) mass is 328 g/mol. The molecule has 0 unspecified atom stereocenters. The first-order chi connectivity index (χ1) is 6.96. The highest BCUT2D eigenvalue weighted by atomic mass is 127. The molecule has 1 nitrogen and oxygen atoms in total. The first-order valence-electron chi connectivity index (χ1n) is 4.25. The molecule has 0 atom stereocenters. The van der Waals surface area contributed by atoms with Crippen LogP contribution in [-0.4, -0.2) is 6.29 Å². The fourth-order valence-electron chi connectivity index (χ4n) is 1.21. The van der Waals surface area contributed by atoms with Crippen LogP contribution in [0.25, 0.3) is 0 Å². The second-order valence-electron chi connectivity index (χ2n) is 2.98. The standard InChI is InChI=1S/C10H8F3IO/c11-10(12,13)8-5-1-3-7(9(8)14)4-2-6-15/h1,3,5-6H,2,4H2. The van der Waals surface area contributed by atoms with Crippen LogP contribution < -0.4 is 0 Å². The second-order valence-corrected chi connectivity index (χ2v) is 4.06. The Hall–Kier alpha value is -0.590. The number of hydrogen-bond acceptors (Lipinski definition) is 1. The Kier molecular flexibility index (Phi) is 4.12. The summed E-state index contributed by atoms with van der Waals surface area (Å²) in [6.07, 6.45) is -3.02. The van der Waals surface area contributed by atoms with Crippen molar-refractivity contribution >= 4 is 28.9 Å². The molecule has 0 aliphatic carbocycles. The van der Waals surface area contributed by atoms with Gasteiger partial charge < -0.3 is 4.79 Å². The normalized spacial score (nSPS) is 11.5. The molecule has 0 fully saturated rings. The minimum Gasteiger partial charge on any atom is -0.303 e. The molecule has 0 spiro atoms. The van der Waals surface area contributed by atoms with E-state index in [2.05, 4.69) is 0 Å². The lowest BCUT2D eigenvalue weighted by atomic mass is 10.1. The number of carbonyl (C=O) groups is 1. The van der Waals surface area contributed by atoms with Crippen molar-refractivity contribution in [1.29, 1.82) is 0 Å². The number of halogens is 4. The van der Waals surface area contributed by atoms with Gasteiger partial charge in [-0.05, 0) is 40.6 Å². The molecular formula is C10H8F3IO. The quantitative estimate of drug-likeness (QED) is 0.614. The summed E-state index contributed by atoms with van der Waals surface area (Å²) in [4.78, 5) is 10.1. The van der Waals surface area contributed by atoms with Gasteiger partial charge in [-0.2, -0.15) is 13.2 Å². The molecule has 0 saturated heterocycles. The molecule has 1 aromatic rings. The van der Waals surface area contributed by atoms with Crippen molar-refractivity contribution < 1.29 is 18.0 Å². The molecule has 82 valence electrons. The van der Waals surface area contributed by atoms with Crippen molar-refractivity contribution in [2.24, 2.45) is 0 Å². The lowest BCUT2D eigenvalue weighted by Gasteiger charge is -2.11. The first kappa shape index (κ1) is 12.5. The molecule has 0 aromatic heterocycles. The average Bonchev–Trinajstić information content (AvgIpc) is 2.14. The zero-order chi connectivity index (χ0) is 11.5. The van der Waals surface area contributed by atoms with E-state index in [1.165, 1.54) is 6.07 Å². The van der Waals surface area contributed by atoms with Crippen LogP contribution in [0, 0.1) is 3.57 Å². The summed E-state index contributed by atoms with van der Waals surface area (Å²) in [5, 5.41) is 0. The van der Waals surface area contributed by atoms with Crippen LogP contribution in [-0.2, 0) is 17.4 Å². The summed E-state index contributed by atoms with van der Waals surface area (Å²) in [6, 6.07) is 4.03. The third-order valence-corrected chi connectivity index (χ3v) is 3.19. The van der Waals surface area contributed by atoms with Crippen molar-refractivity contribution in [2.75, 3.05) is 0 Å². The minimum absolute atomic E-state index is 0.185. The van der Waals surface area contributed by atoms with E-state index in [1.54, 1.807) is 28.7 Å². The van der Waals surface area contributed by atoms with Gasteiger partial charge in [-0.3, -0.25) is 0 Å². The van der Waals surface area contributed by atoms with Gasteiger partial charge in [0.15, 0.2) is 0 Å². The second kappa shape index (κ2) is 4.96. The van der Waals surface area contributed by atoms with Crippen LogP contribution >= 0.6 is 22.6 Å². The maximum absolute atomic E-state index is 12.5.